The summed E-state index contributed by atoms with van der Waals surface area (Å²) in [5, 5.41) is 4.34. The summed E-state index contributed by atoms with van der Waals surface area (Å²) in [6.07, 6.45) is 3.66. The maximum Gasteiger partial charge on any atom is 0.253 e. The minimum absolute atomic E-state index is 0.0363. The molecule has 0 aliphatic carbocycles. The molecule has 3 heterocycles. The first-order valence-corrected chi connectivity index (χ1v) is 7.60. The Balaban J connectivity index is 1.47. The fourth-order valence-corrected chi connectivity index (χ4v) is 3.38. The van der Waals surface area contributed by atoms with Gasteiger partial charge in [0.15, 0.2) is 5.96 Å². The number of aromatic nitrogens is 1. The lowest BCUT2D eigenvalue weighted by Crippen LogP contribution is -2.55. The van der Waals surface area contributed by atoms with Gasteiger partial charge in [0.25, 0.3) is 5.91 Å². The van der Waals surface area contributed by atoms with Crippen molar-refractivity contribution >= 4 is 22.8 Å². The number of aromatic amines is 1. The van der Waals surface area contributed by atoms with Crippen molar-refractivity contribution in [3.05, 3.63) is 36.0 Å². The van der Waals surface area contributed by atoms with Crippen LogP contribution in [0.1, 0.15) is 23.2 Å². The van der Waals surface area contributed by atoms with Crippen LogP contribution in [0.15, 0.2) is 35.5 Å². The number of nitrogens with two attached hydrogens (primary N) is 1. The Kier molecular flexibility index (Phi) is 2.85. The number of H-pyrrole nitrogens is 1. The molecule has 4 N–H and O–H groups in total. The number of likely N-dealkylation sites (tertiary alicyclic amines) is 1. The minimum atomic E-state index is -0.0363. The quantitative estimate of drug-likeness (QED) is 0.735. The van der Waals surface area contributed by atoms with Crippen LogP contribution in [0, 0.1) is 0 Å². The second kappa shape index (κ2) is 4.76. The number of fused-ring (bicyclic) bond motifs is 1. The molecule has 0 radical (unpaired) electrons. The van der Waals surface area contributed by atoms with Crippen LogP contribution in [0.5, 0.6) is 0 Å². The van der Waals surface area contributed by atoms with E-state index in [-0.39, 0.29) is 11.4 Å². The van der Waals surface area contributed by atoms with E-state index in [0.29, 0.717) is 5.96 Å². The number of aliphatic imine (C=N–C) groups is 1. The Morgan fingerprint density at radius 1 is 1.27 bits per heavy atom. The van der Waals surface area contributed by atoms with Crippen LogP contribution in [-0.2, 0) is 0 Å². The number of carbonyl (C=O) groups excluding carboxylic acids is 1. The molecule has 0 bridgehead atoms. The molecule has 0 saturated carbocycles. The molecule has 2 aromatic rings. The smallest absolute Gasteiger partial charge is 0.253 e. The molecule has 1 spiro atoms. The van der Waals surface area contributed by atoms with Crippen LogP contribution < -0.4 is 11.1 Å². The summed E-state index contributed by atoms with van der Waals surface area (Å²) in [6.45, 7) is 2.19. The second-order valence-electron chi connectivity index (χ2n) is 6.18. The first-order valence-electron chi connectivity index (χ1n) is 7.60. The van der Waals surface area contributed by atoms with Crippen molar-refractivity contribution in [2.24, 2.45) is 10.7 Å². The van der Waals surface area contributed by atoms with Crippen LogP contribution in [0.25, 0.3) is 10.9 Å². The van der Waals surface area contributed by atoms with Gasteiger partial charge in [-0.25, -0.2) is 0 Å². The molecular weight excluding hydrogens is 278 g/mol. The van der Waals surface area contributed by atoms with E-state index in [9.17, 15) is 4.79 Å². The van der Waals surface area contributed by atoms with Gasteiger partial charge in [-0.15, -0.1) is 0 Å². The molecule has 2 aliphatic rings. The van der Waals surface area contributed by atoms with Crippen molar-refractivity contribution in [3.63, 3.8) is 0 Å². The highest BCUT2D eigenvalue weighted by molar-refractivity contribution is 5.98. The van der Waals surface area contributed by atoms with Gasteiger partial charge in [-0.1, -0.05) is 0 Å². The maximum absolute atomic E-state index is 12.7. The van der Waals surface area contributed by atoms with Crippen LogP contribution in [0.2, 0.25) is 0 Å². The molecule has 114 valence electrons. The molecule has 1 aromatic heterocycles. The molecule has 0 unspecified atom stereocenters. The molecule has 6 nitrogen and oxygen atoms in total. The van der Waals surface area contributed by atoms with Crippen LogP contribution >= 0.6 is 0 Å². The number of piperidine rings is 1. The fraction of sp³-hybridized carbons (Fsp3) is 0.375. The van der Waals surface area contributed by atoms with E-state index >= 15 is 0 Å². The van der Waals surface area contributed by atoms with Gasteiger partial charge < -0.3 is 20.9 Å². The highest BCUT2D eigenvalue weighted by Gasteiger charge is 2.39. The maximum atomic E-state index is 12.7. The fourth-order valence-electron chi connectivity index (χ4n) is 3.38. The SMILES string of the molecule is NC1=NCC2(CCN(C(=O)c3ccc4[nH]ccc4c3)CC2)N1. The lowest BCUT2D eigenvalue weighted by molar-refractivity contribution is 0.0669. The molecular formula is C16H19N5O. The first-order chi connectivity index (χ1) is 10.7. The molecule has 0 atom stereocenters. The molecule has 1 saturated heterocycles. The summed E-state index contributed by atoms with van der Waals surface area (Å²) in [7, 11) is 0. The van der Waals surface area contributed by atoms with E-state index in [2.05, 4.69) is 15.3 Å². The predicted molar refractivity (Wildman–Crippen MR) is 85.8 cm³/mol. The van der Waals surface area contributed by atoms with Crippen molar-refractivity contribution in [1.82, 2.24) is 15.2 Å². The number of amides is 1. The third kappa shape index (κ3) is 2.11. The Bertz CT molecular complexity index is 755. The lowest BCUT2D eigenvalue weighted by atomic mass is 9.88. The number of nitrogens with zero attached hydrogens (tertiary/aromatic N) is 2. The number of hydrogen-bond acceptors (Lipinski definition) is 4. The third-order valence-corrected chi connectivity index (χ3v) is 4.75. The third-order valence-electron chi connectivity index (χ3n) is 4.75. The number of hydrogen-bond donors (Lipinski definition) is 3. The van der Waals surface area contributed by atoms with Crippen LogP contribution in [0.3, 0.4) is 0 Å². The normalized spacial score (nSPS) is 20.2. The minimum Gasteiger partial charge on any atom is -0.370 e. The molecule has 1 aromatic carbocycles. The number of carbonyl (C=O) groups is 1. The highest BCUT2D eigenvalue weighted by atomic mass is 16.2. The summed E-state index contributed by atoms with van der Waals surface area (Å²) >= 11 is 0. The predicted octanol–water partition coefficient (Wildman–Crippen LogP) is 1.06. The monoisotopic (exact) mass is 297 g/mol. The van der Waals surface area contributed by atoms with Crippen molar-refractivity contribution < 1.29 is 4.79 Å². The average Bonchev–Trinajstić information content (AvgIpc) is 3.14. The Hall–Kier alpha value is -2.50. The van der Waals surface area contributed by atoms with Crippen LogP contribution in [0.4, 0.5) is 0 Å². The van der Waals surface area contributed by atoms with E-state index in [1.54, 1.807) is 0 Å². The van der Waals surface area contributed by atoms with Gasteiger partial charge in [-0.05, 0) is 37.1 Å². The zero-order chi connectivity index (χ0) is 15.2. The van der Waals surface area contributed by atoms with Crippen molar-refractivity contribution in [2.45, 2.75) is 18.4 Å². The van der Waals surface area contributed by atoms with Crippen molar-refractivity contribution in [2.75, 3.05) is 19.6 Å². The van der Waals surface area contributed by atoms with Crippen molar-refractivity contribution in [1.29, 1.82) is 0 Å². The zero-order valence-electron chi connectivity index (χ0n) is 12.3. The largest absolute Gasteiger partial charge is 0.370 e. The first kappa shape index (κ1) is 13.2. The zero-order valence-corrected chi connectivity index (χ0v) is 12.3. The topological polar surface area (TPSA) is 86.5 Å². The van der Waals surface area contributed by atoms with Gasteiger partial charge in [-0.3, -0.25) is 9.79 Å². The summed E-state index contributed by atoms with van der Waals surface area (Å²) in [5.74, 6) is 0.627. The van der Waals surface area contributed by atoms with E-state index in [1.807, 2.05) is 35.4 Å². The average molecular weight is 297 g/mol. The van der Waals surface area contributed by atoms with Gasteiger partial charge in [0.2, 0.25) is 0 Å². The number of rotatable bonds is 1. The number of benzene rings is 1. The van der Waals surface area contributed by atoms with Crippen LogP contribution in [-0.4, -0.2) is 46.9 Å². The van der Waals surface area contributed by atoms with Crippen molar-refractivity contribution in [3.8, 4) is 0 Å². The van der Waals surface area contributed by atoms with Gasteiger partial charge in [0, 0.05) is 35.8 Å². The second-order valence-corrected chi connectivity index (χ2v) is 6.18. The Labute approximate surface area is 128 Å². The lowest BCUT2D eigenvalue weighted by Gasteiger charge is -2.39. The molecule has 1 amide bonds. The number of guanidine groups is 1. The summed E-state index contributed by atoms with van der Waals surface area (Å²) in [6, 6.07) is 7.79. The molecule has 22 heavy (non-hydrogen) atoms. The van der Waals surface area contributed by atoms with E-state index in [0.717, 1.165) is 48.9 Å². The summed E-state index contributed by atoms with van der Waals surface area (Å²) < 4.78 is 0. The summed E-state index contributed by atoms with van der Waals surface area (Å²) in [4.78, 5) is 22.0. The molecule has 1 fully saturated rings. The van der Waals surface area contributed by atoms with E-state index < -0.39 is 0 Å². The highest BCUT2D eigenvalue weighted by Crippen LogP contribution is 2.26. The number of nitrogens with one attached hydrogen (secondary N) is 2. The Morgan fingerprint density at radius 3 is 2.82 bits per heavy atom. The molecule has 2 aliphatic heterocycles. The van der Waals surface area contributed by atoms with Gasteiger partial charge >= 0.3 is 0 Å². The molecule has 4 rings (SSSR count). The Morgan fingerprint density at radius 2 is 2.09 bits per heavy atom. The van der Waals surface area contributed by atoms with Gasteiger partial charge in [0.1, 0.15) is 0 Å². The van der Waals surface area contributed by atoms with Gasteiger partial charge in [-0.2, -0.15) is 0 Å². The standard InChI is InChI=1S/C16H19N5O/c17-15-19-10-16(20-15)4-7-21(8-5-16)14(22)12-1-2-13-11(9-12)3-6-18-13/h1-3,6,9,18H,4-5,7-8,10H2,(H3,17,19,20). The van der Waals surface area contributed by atoms with E-state index in [1.165, 1.54) is 0 Å². The molecule has 6 heteroatoms. The van der Waals surface area contributed by atoms with Gasteiger partial charge in [0.05, 0.1) is 12.1 Å². The summed E-state index contributed by atoms with van der Waals surface area (Å²) in [5.41, 5.74) is 7.49. The van der Waals surface area contributed by atoms with E-state index in [4.69, 9.17) is 5.73 Å².